The minimum atomic E-state index is 0.678. The summed E-state index contributed by atoms with van der Waals surface area (Å²) in [6, 6.07) is 7.97. The summed E-state index contributed by atoms with van der Waals surface area (Å²) in [5.41, 5.74) is 2.37. The van der Waals surface area contributed by atoms with Crippen molar-refractivity contribution < 1.29 is 4.74 Å². The Morgan fingerprint density at radius 2 is 2.20 bits per heavy atom. The fourth-order valence-electron chi connectivity index (χ4n) is 1.95. The van der Waals surface area contributed by atoms with Crippen LogP contribution in [0.4, 0.5) is 0 Å². The number of thiophene rings is 1. The Balaban J connectivity index is 1.93. The smallest absolute Gasteiger partial charge is 0.125 e. The van der Waals surface area contributed by atoms with Gasteiger partial charge in [0.1, 0.15) is 5.75 Å². The number of halogens is 1. The van der Waals surface area contributed by atoms with E-state index in [0.717, 1.165) is 42.3 Å². The van der Waals surface area contributed by atoms with Gasteiger partial charge < -0.3 is 10.1 Å². The highest BCUT2D eigenvalue weighted by Gasteiger charge is 2.08. The first-order valence-corrected chi connectivity index (χ1v) is 8.25. The maximum Gasteiger partial charge on any atom is 0.125 e. The molecule has 0 saturated heterocycles. The number of nitrogens with one attached hydrogen (secondary N) is 1. The van der Waals surface area contributed by atoms with Gasteiger partial charge >= 0.3 is 0 Å². The normalized spacial score (nSPS) is 10.7. The highest BCUT2D eigenvalue weighted by molar-refractivity contribution is 7.07. The van der Waals surface area contributed by atoms with E-state index in [4.69, 9.17) is 16.3 Å². The topological polar surface area (TPSA) is 21.3 Å². The molecule has 2 nitrogen and oxygen atoms in total. The fraction of sp³-hybridized carbons (Fsp3) is 0.375. The molecule has 2 rings (SSSR count). The van der Waals surface area contributed by atoms with Crippen LogP contribution in [0.3, 0.4) is 0 Å². The van der Waals surface area contributed by atoms with E-state index in [-0.39, 0.29) is 0 Å². The quantitative estimate of drug-likeness (QED) is 0.724. The van der Waals surface area contributed by atoms with Crippen LogP contribution in [0.5, 0.6) is 5.75 Å². The predicted octanol–water partition coefficient (Wildman–Crippen LogP) is 4.52. The summed E-state index contributed by atoms with van der Waals surface area (Å²) in [5.74, 6) is 0.885. The molecule has 0 aliphatic carbocycles. The SMILES string of the molecule is CCCNCc1c(Cl)cccc1OCCc1ccsc1. The maximum atomic E-state index is 6.27. The largest absolute Gasteiger partial charge is 0.493 e. The Morgan fingerprint density at radius 3 is 2.95 bits per heavy atom. The van der Waals surface area contributed by atoms with Gasteiger partial charge in [0.05, 0.1) is 6.61 Å². The Hall–Kier alpha value is -1.03. The van der Waals surface area contributed by atoms with Gasteiger partial charge in [0.25, 0.3) is 0 Å². The third-order valence-electron chi connectivity index (χ3n) is 3.03. The lowest BCUT2D eigenvalue weighted by Crippen LogP contribution is -2.15. The Kier molecular flexibility index (Phi) is 6.37. The molecule has 0 fully saturated rings. The molecule has 0 saturated carbocycles. The van der Waals surface area contributed by atoms with Gasteiger partial charge in [-0.25, -0.2) is 0 Å². The van der Waals surface area contributed by atoms with Crippen molar-refractivity contribution in [2.45, 2.75) is 26.3 Å². The Morgan fingerprint density at radius 1 is 1.30 bits per heavy atom. The number of benzene rings is 1. The van der Waals surface area contributed by atoms with E-state index in [0.29, 0.717) is 6.61 Å². The zero-order valence-electron chi connectivity index (χ0n) is 11.7. The molecule has 0 aliphatic rings. The highest BCUT2D eigenvalue weighted by atomic mass is 35.5. The molecule has 4 heteroatoms. The van der Waals surface area contributed by atoms with Crippen molar-refractivity contribution in [1.82, 2.24) is 5.32 Å². The maximum absolute atomic E-state index is 6.27. The van der Waals surface area contributed by atoms with Gasteiger partial charge in [0.2, 0.25) is 0 Å². The molecule has 1 heterocycles. The van der Waals surface area contributed by atoms with Gasteiger partial charge in [-0.3, -0.25) is 0 Å². The lowest BCUT2D eigenvalue weighted by molar-refractivity contribution is 0.318. The molecule has 1 aromatic carbocycles. The summed E-state index contributed by atoms with van der Waals surface area (Å²) in [4.78, 5) is 0. The van der Waals surface area contributed by atoms with Gasteiger partial charge in [-0.1, -0.05) is 24.6 Å². The van der Waals surface area contributed by atoms with Crippen LogP contribution in [0.15, 0.2) is 35.0 Å². The molecule has 108 valence electrons. The van der Waals surface area contributed by atoms with Crippen molar-refractivity contribution in [1.29, 1.82) is 0 Å². The van der Waals surface area contributed by atoms with Gasteiger partial charge in [0.15, 0.2) is 0 Å². The first-order chi connectivity index (χ1) is 9.81. The second-order valence-electron chi connectivity index (χ2n) is 4.62. The lowest BCUT2D eigenvalue weighted by atomic mass is 10.2. The van der Waals surface area contributed by atoms with Crippen LogP contribution >= 0.6 is 22.9 Å². The average molecular weight is 310 g/mol. The van der Waals surface area contributed by atoms with E-state index < -0.39 is 0 Å². The van der Waals surface area contributed by atoms with Crippen LogP contribution in [0.2, 0.25) is 5.02 Å². The fourth-order valence-corrected chi connectivity index (χ4v) is 2.89. The van der Waals surface area contributed by atoms with E-state index >= 15 is 0 Å². The van der Waals surface area contributed by atoms with Gasteiger partial charge in [-0.15, -0.1) is 0 Å². The third-order valence-corrected chi connectivity index (χ3v) is 4.12. The van der Waals surface area contributed by atoms with E-state index in [1.54, 1.807) is 11.3 Å². The summed E-state index contributed by atoms with van der Waals surface area (Å²) in [7, 11) is 0. The minimum Gasteiger partial charge on any atom is -0.493 e. The summed E-state index contributed by atoms with van der Waals surface area (Å²) in [6.07, 6.45) is 2.04. The zero-order valence-corrected chi connectivity index (χ0v) is 13.3. The van der Waals surface area contributed by atoms with E-state index in [9.17, 15) is 0 Å². The predicted molar refractivity (Wildman–Crippen MR) is 87.0 cm³/mol. The molecular weight excluding hydrogens is 290 g/mol. The number of ether oxygens (including phenoxy) is 1. The van der Waals surface area contributed by atoms with Crippen molar-refractivity contribution in [2.75, 3.05) is 13.2 Å². The highest BCUT2D eigenvalue weighted by Crippen LogP contribution is 2.26. The lowest BCUT2D eigenvalue weighted by Gasteiger charge is -2.13. The molecule has 0 amide bonds. The molecule has 1 aromatic heterocycles. The zero-order chi connectivity index (χ0) is 14.2. The first-order valence-electron chi connectivity index (χ1n) is 6.93. The summed E-state index contributed by atoms with van der Waals surface area (Å²) < 4.78 is 5.90. The monoisotopic (exact) mass is 309 g/mol. The van der Waals surface area contributed by atoms with Crippen molar-refractivity contribution in [3.05, 3.63) is 51.2 Å². The number of hydrogen-bond donors (Lipinski definition) is 1. The molecule has 0 unspecified atom stereocenters. The molecule has 1 N–H and O–H groups in total. The van der Waals surface area contributed by atoms with Gasteiger partial charge in [0, 0.05) is 23.6 Å². The first kappa shape index (κ1) is 15.4. The standard InChI is InChI=1S/C16H20ClNOS/c1-2-8-18-11-14-15(17)4-3-5-16(14)19-9-6-13-7-10-20-12-13/h3-5,7,10,12,18H,2,6,8-9,11H2,1H3. The van der Waals surface area contributed by atoms with Crippen molar-refractivity contribution in [2.24, 2.45) is 0 Å². The van der Waals surface area contributed by atoms with Crippen LogP contribution in [0.1, 0.15) is 24.5 Å². The third kappa shape index (κ3) is 4.51. The molecule has 20 heavy (non-hydrogen) atoms. The summed E-state index contributed by atoms with van der Waals surface area (Å²) in [5, 5.41) is 8.39. The van der Waals surface area contributed by atoms with Crippen molar-refractivity contribution in [3.63, 3.8) is 0 Å². The van der Waals surface area contributed by atoms with Crippen LogP contribution in [0.25, 0.3) is 0 Å². The van der Waals surface area contributed by atoms with Crippen molar-refractivity contribution >= 4 is 22.9 Å². The van der Waals surface area contributed by atoms with E-state index in [2.05, 4.69) is 29.1 Å². The molecule has 0 aliphatic heterocycles. The van der Waals surface area contributed by atoms with Gasteiger partial charge in [-0.05, 0) is 47.5 Å². The van der Waals surface area contributed by atoms with Crippen LogP contribution in [-0.2, 0) is 13.0 Å². The second-order valence-corrected chi connectivity index (χ2v) is 5.81. The number of rotatable bonds is 8. The Labute approximate surface area is 129 Å². The van der Waals surface area contributed by atoms with Crippen LogP contribution in [0, 0.1) is 0 Å². The molecule has 2 aromatic rings. The Bertz CT molecular complexity index is 513. The van der Waals surface area contributed by atoms with Crippen LogP contribution in [-0.4, -0.2) is 13.2 Å². The molecule has 0 radical (unpaired) electrons. The van der Waals surface area contributed by atoms with Crippen molar-refractivity contribution in [3.8, 4) is 5.75 Å². The van der Waals surface area contributed by atoms with Gasteiger partial charge in [-0.2, -0.15) is 11.3 Å². The van der Waals surface area contributed by atoms with E-state index in [1.165, 1.54) is 5.56 Å². The molecule has 0 spiro atoms. The number of hydrogen-bond acceptors (Lipinski definition) is 3. The summed E-state index contributed by atoms with van der Waals surface area (Å²) >= 11 is 7.99. The second kappa shape index (κ2) is 8.30. The molecule has 0 atom stereocenters. The summed E-state index contributed by atoms with van der Waals surface area (Å²) in [6.45, 7) is 4.57. The van der Waals surface area contributed by atoms with E-state index in [1.807, 2.05) is 18.2 Å². The molecular formula is C16H20ClNOS. The average Bonchev–Trinajstić information content (AvgIpc) is 2.95. The minimum absolute atomic E-state index is 0.678. The van der Waals surface area contributed by atoms with Crippen LogP contribution < -0.4 is 10.1 Å². The molecule has 0 bridgehead atoms.